The molecule has 2 amide bonds. The number of hydroxylamine groups is 1. The molecular formula is C9H14N2O3. The van der Waals surface area contributed by atoms with Crippen molar-refractivity contribution in [3.05, 3.63) is 0 Å². The fourth-order valence-corrected chi connectivity index (χ4v) is 1.83. The Bertz CT molecular complexity index is 248. The van der Waals surface area contributed by atoms with Crippen LogP contribution in [-0.2, 0) is 14.4 Å². The molecule has 1 atom stereocenters. The Hall–Kier alpha value is -0.940. The monoisotopic (exact) mass is 198 g/mol. The number of hydrogen-bond acceptors (Lipinski definition) is 4. The van der Waals surface area contributed by atoms with Crippen molar-refractivity contribution in [1.82, 2.24) is 10.8 Å². The van der Waals surface area contributed by atoms with E-state index in [1.807, 2.05) is 0 Å². The van der Waals surface area contributed by atoms with Crippen LogP contribution < -0.4 is 10.8 Å². The molecule has 1 aliphatic carbocycles. The third kappa shape index (κ3) is 2.10. The predicted octanol–water partition coefficient (Wildman–Crippen LogP) is -0.135. The zero-order chi connectivity index (χ0) is 9.97. The highest BCUT2D eigenvalue weighted by Gasteiger charge is 2.31. The summed E-state index contributed by atoms with van der Waals surface area (Å²) < 4.78 is 0. The molecule has 2 rings (SSSR count). The van der Waals surface area contributed by atoms with E-state index in [-0.39, 0.29) is 24.3 Å². The molecule has 78 valence electrons. The zero-order valence-corrected chi connectivity index (χ0v) is 7.91. The van der Waals surface area contributed by atoms with Gasteiger partial charge in [0.2, 0.25) is 11.8 Å². The van der Waals surface area contributed by atoms with E-state index in [1.165, 1.54) is 12.8 Å². The van der Waals surface area contributed by atoms with Crippen LogP contribution in [0.1, 0.15) is 32.1 Å². The van der Waals surface area contributed by atoms with Crippen LogP contribution in [0.15, 0.2) is 0 Å². The summed E-state index contributed by atoms with van der Waals surface area (Å²) in [5.74, 6) is -0.518. The van der Waals surface area contributed by atoms with Crippen molar-refractivity contribution in [2.45, 2.75) is 44.2 Å². The predicted molar refractivity (Wildman–Crippen MR) is 48.0 cm³/mol. The molecule has 0 spiro atoms. The van der Waals surface area contributed by atoms with E-state index < -0.39 is 6.04 Å². The summed E-state index contributed by atoms with van der Waals surface area (Å²) in [7, 11) is 0. The maximum Gasteiger partial charge on any atom is 0.246 e. The lowest BCUT2D eigenvalue weighted by molar-refractivity contribution is -0.127. The minimum atomic E-state index is -0.497. The van der Waals surface area contributed by atoms with Gasteiger partial charge in [0.1, 0.15) is 6.04 Å². The molecule has 0 aromatic heterocycles. The van der Waals surface area contributed by atoms with Gasteiger partial charge in [-0.3, -0.25) is 19.7 Å². The highest BCUT2D eigenvalue weighted by atomic mass is 16.7. The van der Waals surface area contributed by atoms with Gasteiger partial charge in [-0.05, 0) is 12.8 Å². The molecule has 0 aromatic rings. The summed E-state index contributed by atoms with van der Waals surface area (Å²) in [5.41, 5.74) is 2.67. The molecule has 0 aromatic carbocycles. The summed E-state index contributed by atoms with van der Waals surface area (Å²) in [6.07, 6.45) is 4.83. The van der Waals surface area contributed by atoms with Crippen LogP contribution in [0.2, 0.25) is 0 Å². The van der Waals surface area contributed by atoms with Gasteiger partial charge < -0.3 is 0 Å². The first-order valence-corrected chi connectivity index (χ1v) is 5.00. The number of carbonyl (C=O) groups is 2. The SMILES string of the molecule is O=C1CC(NOC2CCCC2)C(=O)N1. The first-order chi connectivity index (χ1) is 6.75. The van der Waals surface area contributed by atoms with Gasteiger partial charge in [-0.1, -0.05) is 12.8 Å². The molecule has 14 heavy (non-hydrogen) atoms. The molecule has 0 bridgehead atoms. The van der Waals surface area contributed by atoms with Crippen LogP contribution in [0.4, 0.5) is 0 Å². The average molecular weight is 198 g/mol. The third-order valence-electron chi connectivity index (χ3n) is 2.65. The van der Waals surface area contributed by atoms with E-state index in [0.717, 1.165) is 12.8 Å². The number of rotatable bonds is 3. The lowest BCUT2D eigenvalue weighted by Gasteiger charge is -2.14. The van der Waals surface area contributed by atoms with Crippen LogP contribution in [0.3, 0.4) is 0 Å². The van der Waals surface area contributed by atoms with Gasteiger partial charge in [0.05, 0.1) is 12.5 Å². The summed E-state index contributed by atoms with van der Waals surface area (Å²) in [6.45, 7) is 0. The molecule has 0 radical (unpaired) electrons. The minimum absolute atomic E-state index is 0.186. The minimum Gasteiger partial charge on any atom is -0.298 e. The maximum absolute atomic E-state index is 11.1. The van der Waals surface area contributed by atoms with E-state index >= 15 is 0 Å². The molecule has 1 saturated heterocycles. The van der Waals surface area contributed by atoms with E-state index in [1.54, 1.807) is 0 Å². The average Bonchev–Trinajstić information content (AvgIpc) is 2.72. The van der Waals surface area contributed by atoms with E-state index in [9.17, 15) is 9.59 Å². The molecule has 1 aliphatic heterocycles. The van der Waals surface area contributed by atoms with Crippen molar-refractivity contribution in [3.8, 4) is 0 Å². The Morgan fingerprint density at radius 2 is 2.00 bits per heavy atom. The van der Waals surface area contributed by atoms with Crippen molar-refractivity contribution >= 4 is 11.8 Å². The molecule has 1 saturated carbocycles. The molecule has 5 heteroatoms. The second-order valence-electron chi connectivity index (χ2n) is 3.81. The maximum atomic E-state index is 11.1. The Balaban J connectivity index is 1.74. The molecule has 5 nitrogen and oxygen atoms in total. The Morgan fingerprint density at radius 3 is 2.57 bits per heavy atom. The first-order valence-electron chi connectivity index (χ1n) is 5.00. The fourth-order valence-electron chi connectivity index (χ4n) is 1.83. The highest BCUT2D eigenvalue weighted by Crippen LogP contribution is 2.20. The van der Waals surface area contributed by atoms with Crippen molar-refractivity contribution < 1.29 is 14.4 Å². The first kappa shape index (κ1) is 9.61. The van der Waals surface area contributed by atoms with Crippen LogP contribution in [0.25, 0.3) is 0 Å². The number of amides is 2. The Labute approximate surface area is 82.1 Å². The summed E-state index contributed by atoms with van der Waals surface area (Å²) >= 11 is 0. The van der Waals surface area contributed by atoms with Crippen molar-refractivity contribution in [3.63, 3.8) is 0 Å². The van der Waals surface area contributed by atoms with E-state index in [2.05, 4.69) is 10.8 Å². The van der Waals surface area contributed by atoms with Crippen molar-refractivity contribution in [2.75, 3.05) is 0 Å². The van der Waals surface area contributed by atoms with E-state index in [4.69, 9.17) is 4.84 Å². The van der Waals surface area contributed by atoms with Gasteiger partial charge in [0.15, 0.2) is 0 Å². The van der Waals surface area contributed by atoms with Gasteiger partial charge in [-0.15, -0.1) is 0 Å². The van der Waals surface area contributed by atoms with Crippen molar-refractivity contribution in [1.29, 1.82) is 0 Å². The largest absolute Gasteiger partial charge is 0.298 e. The van der Waals surface area contributed by atoms with Crippen LogP contribution >= 0.6 is 0 Å². The number of imide groups is 1. The Morgan fingerprint density at radius 1 is 1.29 bits per heavy atom. The van der Waals surface area contributed by atoms with Crippen molar-refractivity contribution in [2.24, 2.45) is 0 Å². The highest BCUT2D eigenvalue weighted by molar-refractivity contribution is 6.05. The third-order valence-corrected chi connectivity index (χ3v) is 2.65. The molecule has 1 unspecified atom stereocenters. The van der Waals surface area contributed by atoms with E-state index in [0.29, 0.717) is 0 Å². The van der Waals surface area contributed by atoms with Gasteiger partial charge in [-0.25, -0.2) is 0 Å². The van der Waals surface area contributed by atoms with Gasteiger partial charge in [-0.2, -0.15) is 5.48 Å². The Kier molecular flexibility index (Phi) is 2.79. The van der Waals surface area contributed by atoms with Crippen LogP contribution in [0, 0.1) is 0 Å². The van der Waals surface area contributed by atoms with Crippen LogP contribution in [0.5, 0.6) is 0 Å². The summed E-state index contributed by atoms with van der Waals surface area (Å²) in [6, 6.07) is -0.497. The molecule has 1 heterocycles. The molecule has 2 N–H and O–H groups in total. The molecular weight excluding hydrogens is 184 g/mol. The number of carbonyl (C=O) groups excluding carboxylic acids is 2. The van der Waals surface area contributed by atoms with Crippen LogP contribution in [-0.4, -0.2) is 24.0 Å². The van der Waals surface area contributed by atoms with Gasteiger partial charge in [0, 0.05) is 0 Å². The lowest BCUT2D eigenvalue weighted by atomic mass is 10.3. The fraction of sp³-hybridized carbons (Fsp3) is 0.778. The number of hydrogen-bond donors (Lipinski definition) is 2. The van der Waals surface area contributed by atoms with Gasteiger partial charge in [0.25, 0.3) is 0 Å². The molecule has 2 fully saturated rings. The molecule has 2 aliphatic rings. The topological polar surface area (TPSA) is 67.4 Å². The number of nitrogens with one attached hydrogen (secondary N) is 2. The standard InChI is InChI=1S/C9H14N2O3/c12-8-5-7(9(13)10-8)11-14-6-3-1-2-4-6/h6-7,11H,1-5H2,(H,10,12,13). The smallest absolute Gasteiger partial charge is 0.246 e. The second-order valence-corrected chi connectivity index (χ2v) is 3.81. The normalized spacial score (nSPS) is 28.4. The summed E-state index contributed by atoms with van der Waals surface area (Å²) in [4.78, 5) is 27.3. The zero-order valence-electron chi connectivity index (χ0n) is 7.91. The quantitative estimate of drug-likeness (QED) is 0.489. The summed E-state index contributed by atoms with van der Waals surface area (Å²) in [5, 5.41) is 2.22. The van der Waals surface area contributed by atoms with Gasteiger partial charge >= 0.3 is 0 Å². The lowest BCUT2D eigenvalue weighted by Crippen LogP contribution is -2.38. The second kappa shape index (κ2) is 4.06.